The van der Waals surface area contributed by atoms with Gasteiger partial charge in [-0.1, -0.05) is 29.8 Å². The fraction of sp³-hybridized carbons (Fsp3) is 0.476. The molecule has 1 fully saturated rings. The number of rotatable bonds is 8. The van der Waals surface area contributed by atoms with Crippen molar-refractivity contribution < 1.29 is 0 Å². The van der Waals surface area contributed by atoms with Gasteiger partial charge in [0, 0.05) is 37.9 Å². The topological polar surface area (TPSA) is 75.0 Å². The second-order valence-electron chi connectivity index (χ2n) is 7.41. The largest absolute Gasteiger partial charge is 0.384 e. The number of nitrogens with two attached hydrogens (primary N) is 1. The number of benzene rings is 1. The van der Waals surface area contributed by atoms with Crippen LogP contribution >= 0.6 is 12.4 Å². The Labute approximate surface area is 168 Å². The molecule has 0 amide bonds. The zero-order valence-electron chi connectivity index (χ0n) is 16.3. The smallest absolute Gasteiger partial charge is 0.123 e. The lowest BCUT2D eigenvalue weighted by molar-refractivity contribution is 0.419. The highest BCUT2D eigenvalue weighted by Crippen LogP contribution is 2.17. The van der Waals surface area contributed by atoms with Gasteiger partial charge >= 0.3 is 0 Å². The van der Waals surface area contributed by atoms with Gasteiger partial charge in [0.05, 0.1) is 0 Å². The quantitative estimate of drug-likeness (QED) is 0.521. The van der Waals surface area contributed by atoms with Gasteiger partial charge in [-0.25, -0.2) is 4.98 Å². The zero-order chi connectivity index (χ0) is 18.4. The standard InChI is InChI=1S/C21H31N5.ClH/c1-15-4-3-5-17(8-15)12-23-6-7-25-20-14-24-13-18(20)11-19-9-16(2)10-21(22)26-19;/h3-5,8-10,18,20,23-25H,6-7,11-14H2,1-2H3,(H2,22,26);1H/t18-,20+;/m0./s1. The molecule has 5 N–H and O–H groups in total. The number of hydrogen-bond acceptors (Lipinski definition) is 5. The van der Waals surface area contributed by atoms with Crippen LogP contribution in [-0.4, -0.2) is 37.2 Å². The predicted octanol–water partition coefficient (Wildman–Crippen LogP) is 2.21. The third kappa shape index (κ3) is 6.78. The molecule has 0 unspecified atom stereocenters. The molecule has 0 radical (unpaired) electrons. The Morgan fingerprint density at radius 1 is 1.11 bits per heavy atom. The van der Waals surface area contributed by atoms with E-state index in [0.717, 1.165) is 44.8 Å². The molecule has 0 bridgehead atoms. The number of anilines is 1. The molecule has 5 nitrogen and oxygen atoms in total. The van der Waals surface area contributed by atoms with Crippen molar-refractivity contribution in [2.45, 2.75) is 32.9 Å². The molecule has 2 heterocycles. The maximum Gasteiger partial charge on any atom is 0.123 e. The van der Waals surface area contributed by atoms with E-state index in [1.54, 1.807) is 0 Å². The molecule has 1 aromatic heterocycles. The van der Waals surface area contributed by atoms with Gasteiger partial charge in [0.25, 0.3) is 0 Å². The number of hydrogen-bond donors (Lipinski definition) is 4. The van der Waals surface area contributed by atoms with Crippen LogP contribution in [0.1, 0.15) is 22.4 Å². The summed E-state index contributed by atoms with van der Waals surface area (Å²) in [6, 6.07) is 13.2. The minimum absolute atomic E-state index is 0. The Morgan fingerprint density at radius 2 is 1.96 bits per heavy atom. The fourth-order valence-corrected chi connectivity index (χ4v) is 3.73. The number of aryl methyl sites for hydroxylation is 2. The van der Waals surface area contributed by atoms with Gasteiger partial charge in [0.2, 0.25) is 0 Å². The molecule has 0 spiro atoms. The first-order valence-electron chi connectivity index (χ1n) is 9.53. The van der Waals surface area contributed by atoms with Gasteiger partial charge in [-0.2, -0.15) is 0 Å². The van der Waals surface area contributed by atoms with Crippen molar-refractivity contribution >= 4 is 18.2 Å². The van der Waals surface area contributed by atoms with Gasteiger partial charge < -0.3 is 21.7 Å². The molecular formula is C21H32ClN5. The van der Waals surface area contributed by atoms with Gasteiger partial charge in [-0.3, -0.25) is 0 Å². The lowest BCUT2D eigenvalue weighted by Crippen LogP contribution is -2.40. The molecule has 1 aromatic carbocycles. The maximum absolute atomic E-state index is 5.89. The van der Waals surface area contributed by atoms with E-state index in [-0.39, 0.29) is 12.4 Å². The molecule has 27 heavy (non-hydrogen) atoms. The van der Waals surface area contributed by atoms with Crippen LogP contribution in [-0.2, 0) is 13.0 Å². The first kappa shape index (κ1) is 21.6. The Kier molecular flexibility index (Phi) is 8.51. The summed E-state index contributed by atoms with van der Waals surface area (Å²) in [7, 11) is 0. The summed E-state index contributed by atoms with van der Waals surface area (Å²) >= 11 is 0. The van der Waals surface area contributed by atoms with E-state index >= 15 is 0 Å². The SMILES string of the molecule is Cc1cccc(CNCCN[C@@H]2CNC[C@@H]2Cc2cc(C)cc(N)n2)c1.Cl. The van der Waals surface area contributed by atoms with E-state index in [4.69, 9.17) is 5.73 Å². The Bertz CT molecular complexity index is 701. The molecule has 1 saturated heterocycles. The number of nitrogens with zero attached hydrogens (tertiary/aromatic N) is 1. The van der Waals surface area contributed by atoms with Crippen LogP contribution in [0.15, 0.2) is 36.4 Å². The molecule has 2 aromatic rings. The van der Waals surface area contributed by atoms with E-state index in [1.807, 2.05) is 6.07 Å². The molecule has 3 rings (SSSR count). The van der Waals surface area contributed by atoms with Crippen LogP contribution in [0.3, 0.4) is 0 Å². The summed E-state index contributed by atoms with van der Waals surface area (Å²) in [5, 5.41) is 10.7. The van der Waals surface area contributed by atoms with E-state index < -0.39 is 0 Å². The number of nitrogens with one attached hydrogen (secondary N) is 3. The van der Waals surface area contributed by atoms with Gasteiger partial charge in [0.15, 0.2) is 0 Å². The molecule has 148 valence electrons. The van der Waals surface area contributed by atoms with Gasteiger partial charge in [0.1, 0.15) is 5.82 Å². The van der Waals surface area contributed by atoms with Crippen molar-refractivity contribution in [3.8, 4) is 0 Å². The second-order valence-corrected chi connectivity index (χ2v) is 7.41. The van der Waals surface area contributed by atoms with Crippen molar-refractivity contribution in [2.24, 2.45) is 5.92 Å². The summed E-state index contributed by atoms with van der Waals surface area (Å²) in [4.78, 5) is 4.49. The number of pyridine rings is 1. The molecule has 1 aliphatic rings. The molecule has 0 saturated carbocycles. The summed E-state index contributed by atoms with van der Waals surface area (Å²) in [6.07, 6.45) is 0.966. The number of halogens is 1. The average Bonchev–Trinajstić information content (AvgIpc) is 3.01. The van der Waals surface area contributed by atoms with Crippen molar-refractivity contribution in [3.63, 3.8) is 0 Å². The Balaban J connectivity index is 0.00000261. The molecule has 6 heteroatoms. The minimum Gasteiger partial charge on any atom is -0.384 e. The van der Waals surface area contributed by atoms with Crippen LogP contribution in [0.4, 0.5) is 5.82 Å². The average molecular weight is 390 g/mol. The minimum atomic E-state index is 0. The summed E-state index contributed by atoms with van der Waals surface area (Å²) in [5.74, 6) is 1.18. The van der Waals surface area contributed by atoms with Crippen LogP contribution in [0, 0.1) is 19.8 Å². The van der Waals surface area contributed by atoms with Crippen molar-refractivity contribution in [2.75, 3.05) is 31.9 Å². The van der Waals surface area contributed by atoms with Crippen molar-refractivity contribution in [3.05, 3.63) is 58.8 Å². The van der Waals surface area contributed by atoms with E-state index in [0.29, 0.717) is 17.8 Å². The number of aromatic nitrogens is 1. The molecule has 1 aliphatic heterocycles. The molecule has 0 aliphatic carbocycles. The van der Waals surface area contributed by atoms with E-state index in [2.05, 4.69) is 65.1 Å². The highest BCUT2D eigenvalue weighted by Gasteiger charge is 2.26. The van der Waals surface area contributed by atoms with Crippen molar-refractivity contribution in [1.82, 2.24) is 20.9 Å². The monoisotopic (exact) mass is 389 g/mol. The first-order valence-corrected chi connectivity index (χ1v) is 9.53. The normalized spacial score (nSPS) is 19.0. The van der Waals surface area contributed by atoms with Crippen LogP contribution in [0.2, 0.25) is 0 Å². The fourth-order valence-electron chi connectivity index (χ4n) is 3.73. The molecule has 2 atom stereocenters. The van der Waals surface area contributed by atoms with E-state index in [1.165, 1.54) is 16.7 Å². The Morgan fingerprint density at radius 3 is 2.74 bits per heavy atom. The van der Waals surface area contributed by atoms with Crippen LogP contribution in [0.25, 0.3) is 0 Å². The first-order chi connectivity index (χ1) is 12.6. The maximum atomic E-state index is 5.89. The van der Waals surface area contributed by atoms with E-state index in [9.17, 15) is 0 Å². The highest BCUT2D eigenvalue weighted by molar-refractivity contribution is 5.85. The second kappa shape index (κ2) is 10.6. The lowest BCUT2D eigenvalue weighted by Gasteiger charge is -2.20. The molecular weight excluding hydrogens is 358 g/mol. The zero-order valence-corrected chi connectivity index (χ0v) is 17.1. The number of nitrogen functional groups attached to an aromatic ring is 1. The van der Waals surface area contributed by atoms with Crippen molar-refractivity contribution in [1.29, 1.82) is 0 Å². The summed E-state index contributed by atoms with van der Waals surface area (Å²) < 4.78 is 0. The third-order valence-corrected chi connectivity index (χ3v) is 4.97. The summed E-state index contributed by atoms with van der Waals surface area (Å²) in [5.41, 5.74) is 10.8. The lowest BCUT2D eigenvalue weighted by atomic mass is 9.97. The highest BCUT2D eigenvalue weighted by atomic mass is 35.5. The summed E-state index contributed by atoms with van der Waals surface area (Å²) in [6.45, 7) is 9.11. The van der Waals surface area contributed by atoms with Gasteiger partial charge in [-0.05, 0) is 56.0 Å². The van der Waals surface area contributed by atoms with Crippen LogP contribution in [0.5, 0.6) is 0 Å². The van der Waals surface area contributed by atoms with Crippen LogP contribution < -0.4 is 21.7 Å². The third-order valence-electron chi connectivity index (χ3n) is 4.97. The Hall–Kier alpha value is -1.66. The predicted molar refractivity (Wildman–Crippen MR) is 115 cm³/mol. The van der Waals surface area contributed by atoms with Gasteiger partial charge in [-0.15, -0.1) is 12.4 Å².